The lowest BCUT2D eigenvalue weighted by Gasteiger charge is -2.30. The molecule has 5 nitrogen and oxygen atoms in total. The van der Waals surface area contributed by atoms with E-state index >= 15 is 0 Å². The van der Waals surface area contributed by atoms with Gasteiger partial charge in [0, 0.05) is 19.1 Å². The van der Waals surface area contributed by atoms with E-state index in [1.54, 1.807) is 4.90 Å². The van der Waals surface area contributed by atoms with Crippen LogP contribution in [0.5, 0.6) is 0 Å². The molecule has 0 aromatic rings. The molecule has 21 heavy (non-hydrogen) atoms. The van der Waals surface area contributed by atoms with Gasteiger partial charge in [-0.25, -0.2) is 4.79 Å². The van der Waals surface area contributed by atoms with Crippen molar-refractivity contribution in [2.45, 2.75) is 71.8 Å². The lowest BCUT2D eigenvalue weighted by Crippen LogP contribution is -2.49. The van der Waals surface area contributed by atoms with Crippen LogP contribution in [0.4, 0.5) is 4.79 Å². The molecular weight excluding hydrogens is 268 g/mol. The fourth-order valence-corrected chi connectivity index (χ4v) is 2.99. The molecule has 0 aromatic heterocycles. The van der Waals surface area contributed by atoms with Crippen LogP contribution in [0.3, 0.4) is 0 Å². The summed E-state index contributed by atoms with van der Waals surface area (Å²) >= 11 is 0. The third kappa shape index (κ3) is 4.90. The third-order valence-electron chi connectivity index (χ3n) is 4.48. The van der Waals surface area contributed by atoms with Gasteiger partial charge in [0.15, 0.2) is 0 Å². The molecule has 0 aromatic carbocycles. The highest BCUT2D eigenvalue weighted by atomic mass is 16.4. The minimum Gasteiger partial charge on any atom is -0.481 e. The van der Waals surface area contributed by atoms with Crippen molar-refractivity contribution in [2.75, 3.05) is 13.1 Å². The molecule has 0 aliphatic heterocycles. The van der Waals surface area contributed by atoms with Crippen molar-refractivity contribution >= 4 is 12.0 Å². The Kier molecular flexibility index (Phi) is 6.99. The van der Waals surface area contributed by atoms with Gasteiger partial charge in [-0.2, -0.15) is 0 Å². The van der Waals surface area contributed by atoms with E-state index in [0.717, 1.165) is 38.6 Å². The summed E-state index contributed by atoms with van der Waals surface area (Å²) in [5.74, 6) is -0.776. The first-order valence-electron chi connectivity index (χ1n) is 8.21. The molecule has 2 N–H and O–H groups in total. The van der Waals surface area contributed by atoms with Crippen LogP contribution in [0.2, 0.25) is 0 Å². The van der Waals surface area contributed by atoms with Crippen LogP contribution in [0.1, 0.15) is 65.7 Å². The molecule has 1 saturated carbocycles. The molecule has 122 valence electrons. The van der Waals surface area contributed by atoms with Gasteiger partial charge in [-0.1, -0.05) is 32.6 Å². The highest BCUT2D eigenvalue weighted by Crippen LogP contribution is 2.37. The van der Waals surface area contributed by atoms with E-state index in [0.29, 0.717) is 12.8 Å². The summed E-state index contributed by atoms with van der Waals surface area (Å²) < 4.78 is 0. The Bertz CT molecular complexity index is 349. The molecule has 0 spiro atoms. The van der Waals surface area contributed by atoms with E-state index in [-0.39, 0.29) is 18.6 Å². The number of carboxylic acids is 1. The second-order valence-electron chi connectivity index (χ2n) is 6.45. The Morgan fingerprint density at radius 3 is 2.33 bits per heavy atom. The van der Waals surface area contributed by atoms with Crippen molar-refractivity contribution in [1.29, 1.82) is 0 Å². The smallest absolute Gasteiger partial charge is 0.317 e. The molecular formula is C16H30N2O3. The normalized spacial score (nSPS) is 17.0. The first-order chi connectivity index (χ1) is 9.93. The van der Waals surface area contributed by atoms with E-state index in [4.69, 9.17) is 0 Å². The summed E-state index contributed by atoms with van der Waals surface area (Å²) in [5.41, 5.74) is -0.748. The van der Waals surface area contributed by atoms with E-state index in [1.165, 1.54) is 0 Å². The summed E-state index contributed by atoms with van der Waals surface area (Å²) in [7, 11) is 0. The monoisotopic (exact) mass is 298 g/mol. The molecule has 1 fully saturated rings. The van der Waals surface area contributed by atoms with E-state index in [2.05, 4.69) is 12.2 Å². The number of rotatable bonds is 8. The zero-order valence-electron chi connectivity index (χ0n) is 13.7. The highest BCUT2D eigenvalue weighted by Gasteiger charge is 2.41. The first-order valence-corrected chi connectivity index (χ1v) is 8.21. The zero-order chi connectivity index (χ0) is 15.9. The largest absolute Gasteiger partial charge is 0.481 e. The quantitative estimate of drug-likeness (QED) is 0.676. The summed E-state index contributed by atoms with van der Waals surface area (Å²) in [4.78, 5) is 25.6. The summed E-state index contributed by atoms with van der Waals surface area (Å²) in [5, 5.41) is 12.3. The maximum Gasteiger partial charge on any atom is 0.317 e. The minimum atomic E-state index is -0.776. The van der Waals surface area contributed by atoms with Crippen molar-refractivity contribution in [3.63, 3.8) is 0 Å². The Labute approximate surface area is 128 Å². The van der Waals surface area contributed by atoms with Crippen LogP contribution in [0.15, 0.2) is 0 Å². The molecule has 0 atom stereocenters. The van der Waals surface area contributed by atoms with Crippen LogP contribution in [0, 0.1) is 5.41 Å². The van der Waals surface area contributed by atoms with Crippen molar-refractivity contribution < 1.29 is 14.7 Å². The summed E-state index contributed by atoms with van der Waals surface area (Å²) in [6.45, 7) is 7.11. The number of unbranched alkanes of at least 4 members (excludes halogenated alkanes) is 2. The van der Waals surface area contributed by atoms with E-state index in [9.17, 15) is 14.7 Å². The molecule has 1 aliphatic rings. The minimum absolute atomic E-state index is 0.131. The van der Waals surface area contributed by atoms with Crippen molar-refractivity contribution in [3.8, 4) is 0 Å². The molecule has 0 bridgehead atoms. The number of nitrogens with zero attached hydrogens (tertiary/aromatic N) is 1. The maximum atomic E-state index is 12.3. The van der Waals surface area contributed by atoms with Crippen LogP contribution < -0.4 is 5.32 Å². The Hall–Kier alpha value is -1.26. The van der Waals surface area contributed by atoms with Gasteiger partial charge in [-0.3, -0.25) is 4.79 Å². The number of urea groups is 1. The second kappa shape index (κ2) is 8.25. The molecule has 0 unspecified atom stereocenters. The summed E-state index contributed by atoms with van der Waals surface area (Å²) in [6, 6.07) is -0.000148. The van der Waals surface area contributed by atoms with Crippen LogP contribution in [-0.4, -0.2) is 41.1 Å². The number of amides is 2. The van der Waals surface area contributed by atoms with Gasteiger partial charge in [-0.05, 0) is 33.1 Å². The number of hydrogen-bond acceptors (Lipinski definition) is 2. The number of aliphatic carboxylic acids is 1. The molecule has 1 aliphatic carbocycles. The van der Waals surface area contributed by atoms with Crippen LogP contribution in [0.25, 0.3) is 0 Å². The van der Waals surface area contributed by atoms with Gasteiger partial charge < -0.3 is 15.3 Å². The van der Waals surface area contributed by atoms with E-state index in [1.807, 2.05) is 13.8 Å². The molecule has 5 heteroatoms. The predicted molar refractivity (Wildman–Crippen MR) is 83.3 cm³/mol. The number of hydrogen-bond donors (Lipinski definition) is 2. The van der Waals surface area contributed by atoms with Crippen molar-refractivity contribution in [1.82, 2.24) is 10.2 Å². The first kappa shape index (κ1) is 17.8. The SMILES string of the molecule is CCCCCN(C(=O)NCC1(C(=O)O)CCCC1)C(C)C. The Balaban J connectivity index is 2.54. The average molecular weight is 298 g/mol. The Morgan fingerprint density at radius 2 is 1.86 bits per heavy atom. The van der Waals surface area contributed by atoms with Gasteiger partial charge in [0.2, 0.25) is 0 Å². The highest BCUT2D eigenvalue weighted by molar-refractivity contribution is 5.78. The topological polar surface area (TPSA) is 69.6 Å². The van der Waals surface area contributed by atoms with E-state index < -0.39 is 11.4 Å². The molecule has 0 heterocycles. The maximum absolute atomic E-state index is 12.3. The fraction of sp³-hybridized carbons (Fsp3) is 0.875. The molecule has 2 amide bonds. The van der Waals surface area contributed by atoms with Gasteiger partial charge in [0.1, 0.15) is 0 Å². The van der Waals surface area contributed by atoms with Gasteiger partial charge >= 0.3 is 12.0 Å². The lowest BCUT2D eigenvalue weighted by atomic mass is 9.86. The average Bonchev–Trinajstić information content (AvgIpc) is 2.91. The number of carbonyl (C=O) groups is 2. The van der Waals surface area contributed by atoms with Gasteiger partial charge in [0.25, 0.3) is 0 Å². The van der Waals surface area contributed by atoms with Gasteiger partial charge in [-0.15, -0.1) is 0 Å². The van der Waals surface area contributed by atoms with Gasteiger partial charge in [0.05, 0.1) is 5.41 Å². The zero-order valence-corrected chi connectivity index (χ0v) is 13.7. The van der Waals surface area contributed by atoms with Crippen molar-refractivity contribution in [2.24, 2.45) is 5.41 Å². The molecule has 0 radical (unpaired) electrons. The predicted octanol–water partition coefficient (Wildman–Crippen LogP) is 3.24. The Morgan fingerprint density at radius 1 is 1.24 bits per heavy atom. The molecule has 1 rings (SSSR count). The standard InChI is InChI=1S/C16H30N2O3/c1-4-5-8-11-18(13(2)3)15(21)17-12-16(14(19)20)9-6-7-10-16/h13H,4-12H2,1-3H3,(H,17,21)(H,19,20). The van der Waals surface area contributed by atoms with Crippen LogP contribution in [-0.2, 0) is 4.79 Å². The number of carboxylic acid groups (broad SMARTS) is 1. The number of nitrogens with one attached hydrogen (secondary N) is 1. The summed E-state index contributed by atoms with van der Waals surface area (Å²) in [6.07, 6.45) is 6.43. The second-order valence-corrected chi connectivity index (χ2v) is 6.45. The fourth-order valence-electron chi connectivity index (χ4n) is 2.99. The lowest BCUT2D eigenvalue weighted by molar-refractivity contribution is -0.148. The number of carbonyl (C=O) groups excluding carboxylic acids is 1. The van der Waals surface area contributed by atoms with Crippen LogP contribution >= 0.6 is 0 Å². The third-order valence-corrected chi connectivity index (χ3v) is 4.48. The van der Waals surface area contributed by atoms with Crippen molar-refractivity contribution in [3.05, 3.63) is 0 Å². The molecule has 0 saturated heterocycles.